The van der Waals surface area contributed by atoms with Crippen LogP contribution in [0.3, 0.4) is 0 Å². The number of esters is 1. The molecule has 0 bridgehead atoms. The largest absolute Gasteiger partial charge is 0.423 e. The Balaban J connectivity index is 2.12. The van der Waals surface area contributed by atoms with E-state index in [1.807, 2.05) is 41.5 Å². The fourth-order valence-corrected chi connectivity index (χ4v) is 1.76. The van der Waals surface area contributed by atoms with Crippen LogP contribution in [-0.2, 0) is 10.3 Å². The maximum Gasteiger partial charge on any atom is 0.339 e. The first-order valence-electron chi connectivity index (χ1n) is 7.81. The van der Waals surface area contributed by atoms with Crippen LogP contribution in [0.4, 0.5) is 0 Å². The second-order valence-electron chi connectivity index (χ2n) is 7.72. The van der Waals surface area contributed by atoms with Crippen molar-refractivity contribution in [3.63, 3.8) is 0 Å². The molecule has 6 nitrogen and oxygen atoms in total. The van der Waals surface area contributed by atoms with Crippen LogP contribution in [0.15, 0.2) is 36.4 Å². The van der Waals surface area contributed by atoms with E-state index < -0.39 is 5.97 Å². The van der Waals surface area contributed by atoms with E-state index >= 15 is 0 Å². The monoisotopic (exact) mass is 328 g/mol. The predicted octanol–water partition coefficient (Wildman–Crippen LogP) is 3.60. The summed E-state index contributed by atoms with van der Waals surface area (Å²) in [6.45, 7) is 15.6. The van der Waals surface area contributed by atoms with E-state index in [1.165, 1.54) is 0 Å². The van der Waals surface area contributed by atoms with Crippen LogP contribution >= 0.6 is 0 Å². The van der Waals surface area contributed by atoms with Gasteiger partial charge in [-0.1, -0.05) is 27.4 Å². The smallest absolute Gasteiger partial charge is 0.339 e. The Morgan fingerprint density at radius 3 is 2.12 bits per heavy atom. The SMILES string of the molecule is C=C(C(=O)Oc1ccc(-c2nnn(C(C)(C)C)n2)cc1)C(C)(C)C. The summed E-state index contributed by atoms with van der Waals surface area (Å²) in [6.07, 6.45) is 0. The van der Waals surface area contributed by atoms with Crippen molar-refractivity contribution >= 4 is 5.97 Å². The van der Waals surface area contributed by atoms with Gasteiger partial charge in [0.05, 0.1) is 5.54 Å². The first-order chi connectivity index (χ1) is 11.0. The predicted molar refractivity (Wildman–Crippen MR) is 92.5 cm³/mol. The molecule has 2 rings (SSSR count). The van der Waals surface area contributed by atoms with Gasteiger partial charge in [-0.25, -0.2) is 4.79 Å². The van der Waals surface area contributed by atoms with Gasteiger partial charge in [-0.3, -0.25) is 0 Å². The van der Waals surface area contributed by atoms with Gasteiger partial charge in [0, 0.05) is 11.1 Å². The second kappa shape index (κ2) is 6.19. The normalized spacial score (nSPS) is 12.1. The van der Waals surface area contributed by atoms with Gasteiger partial charge >= 0.3 is 5.97 Å². The zero-order chi connectivity index (χ0) is 18.1. The van der Waals surface area contributed by atoms with E-state index in [2.05, 4.69) is 22.0 Å². The summed E-state index contributed by atoms with van der Waals surface area (Å²) in [5.41, 5.74) is 0.682. The van der Waals surface area contributed by atoms with E-state index in [-0.39, 0.29) is 11.0 Å². The Morgan fingerprint density at radius 1 is 1.08 bits per heavy atom. The Kier molecular flexibility index (Phi) is 4.60. The van der Waals surface area contributed by atoms with Crippen molar-refractivity contribution in [2.75, 3.05) is 0 Å². The van der Waals surface area contributed by atoms with Gasteiger partial charge in [0.1, 0.15) is 5.75 Å². The number of tetrazole rings is 1. The van der Waals surface area contributed by atoms with Crippen LogP contribution in [0.25, 0.3) is 11.4 Å². The summed E-state index contributed by atoms with van der Waals surface area (Å²) in [5, 5.41) is 12.5. The van der Waals surface area contributed by atoms with Crippen LogP contribution in [0, 0.1) is 5.41 Å². The fraction of sp³-hybridized carbons (Fsp3) is 0.444. The molecule has 0 aliphatic rings. The summed E-state index contributed by atoms with van der Waals surface area (Å²) in [7, 11) is 0. The highest BCUT2D eigenvalue weighted by molar-refractivity contribution is 5.90. The van der Waals surface area contributed by atoms with Crippen LogP contribution in [-0.4, -0.2) is 26.2 Å². The molecule has 0 saturated heterocycles. The summed E-state index contributed by atoms with van der Waals surface area (Å²) in [5.74, 6) is 0.561. The number of hydrogen-bond acceptors (Lipinski definition) is 5. The quantitative estimate of drug-likeness (QED) is 0.489. The van der Waals surface area contributed by atoms with Crippen LogP contribution in [0.5, 0.6) is 5.75 Å². The molecule has 0 radical (unpaired) electrons. The second-order valence-corrected chi connectivity index (χ2v) is 7.72. The van der Waals surface area contributed by atoms with Gasteiger partial charge in [0.25, 0.3) is 0 Å². The van der Waals surface area contributed by atoms with Crippen molar-refractivity contribution in [3.05, 3.63) is 36.4 Å². The fourth-order valence-electron chi connectivity index (χ4n) is 1.76. The number of benzene rings is 1. The number of carbonyl (C=O) groups is 1. The summed E-state index contributed by atoms with van der Waals surface area (Å²) in [6, 6.07) is 7.01. The molecule has 0 amide bonds. The lowest BCUT2D eigenvalue weighted by molar-refractivity contribution is -0.131. The molecular weight excluding hydrogens is 304 g/mol. The number of hydrogen-bond donors (Lipinski definition) is 0. The highest BCUT2D eigenvalue weighted by Crippen LogP contribution is 2.26. The van der Waals surface area contributed by atoms with Crippen LogP contribution < -0.4 is 4.74 Å². The van der Waals surface area contributed by atoms with E-state index in [4.69, 9.17) is 4.74 Å². The van der Waals surface area contributed by atoms with E-state index in [0.717, 1.165) is 5.56 Å². The molecule has 6 heteroatoms. The molecule has 0 fully saturated rings. The minimum absolute atomic E-state index is 0.228. The Labute approximate surface area is 142 Å². The topological polar surface area (TPSA) is 69.9 Å². The average molecular weight is 328 g/mol. The van der Waals surface area contributed by atoms with Crippen molar-refractivity contribution in [1.29, 1.82) is 0 Å². The molecular formula is C18H24N4O2. The van der Waals surface area contributed by atoms with Crippen LogP contribution in [0.2, 0.25) is 0 Å². The standard InChI is InChI=1S/C18H24N4O2/c1-12(17(2,3)4)16(23)24-14-10-8-13(9-11-14)15-19-21-22(20-15)18(5,6)7/h8-11H,1H2,2-7H3. The summed E-state index contributed by atoms with van der Waals surface area (Å²) < 4.78 is 5.35. The molecule has 1 aromatic carbocycles. The lowest BCUT2D eigenvalue weighted by Gasteiger charge is -2.19. The third kappa shape index (κ3) is 4.07. The molecule has 0 aliphatic carbocycles. The summed E-state index contributed by atoms with van der Waals surface area (Å²) in [4.78, 5) is 13.6. The van der Waals surface area contributed by atoms with Crippen molar-refractivity contribution in [3.8, 4) is 17.1 Å². The molecule has 1 heterocycles. The summed E-state index contributed by atoms with van der Waals surface area (Å²) >= 11 is 0. The molecule has 0 aliphatic heterocycles. The minimum atomic E-state index is -0.424. The van der Waals surface area contributed by atoms with Crippen molar-refractivity contribution in [2.24, 2.45) is 5.41 Å². The van der Waals surface area contributed by atoms with Gasteiger partial charge in [0.15, 0.2) is 0 Å². The van der Waals surface area contributed by atoms with E-state index in [1.54, 1.807) is 29.1 Å². The van der Waals surface area contributed by atoms with Gasteiger partial charge in [-0.15, -0.1) is 10.2 Å². The molecule has 2 aromatic rings. The Hall–Kier alpha value is -2.50. The third-order valence-corrected chi connectivity index (χ3v) is 3.49. The zero-order valence-electron chi connectivity index (χ0n) is 15.1. The zero-order valence-corrected chi connectivity index (χ0v) is 15.1. The highest BCUT2D eigenvalue weighted by Gasteiger charge is 2.23. The molecule has 0 saturated carbocycles. The first kappa shape index (κ1) is 17.8. The van der Waals surface area contributed by atoms with E-state index in [0.29, 0.717) is 17.1 Å². The van der Waals surface area contributed by atoms with Gasteiger partial charge in [-0.2, -0.15) is 4.80 Å². The van der Waals surface area contributed by atoms with Crippen molar-refractivity contribution in [1.82, 2.24) is 20.2 Å². The molecule has 24 heavy (non-hydrogen) atoms. The lowest BCUT2D eigenvalue weighted by atomic mass is 9.88. The van der Waals surface area contributed by atoms with Gasteiger partial charge in [0.2, 0.25) is 5.82 Å². The number of aromatic nitrogens is 4. The number of nitrogens with zero attached hydrogens (tertiary/aromatic N) is 4. The first-order valence-corrected chi connectivity index (χ1v) is 7.81. The molecule has 0 spiro atoms. The molecule has 128 valence electrons. The third-order valence-electron chi connectivity index (χ3n) is 3.49. The minimum Gasteiger partial charge on any atom is -0.423 e. The van der Waals surface area contributed by atoms with Crippen LogP contribution in [0.1, 0.15) is 41.5 Å². The molecule has 0 N–H and O–H groups in total. The Morgan fingerprint density at radius 2 is 1.67 bits per heavy atom. The average Bonchev–Trinajstić information content (AvgIpc) is 2.96. The Bertz CT molecular complexity index is 747. The lowest BCUT2D eigenvalue weighted by Crippen LogP contribution is -2.24. The molecule has 0 atom stereocenters. The van der Waals surface area contributed by atoms with Gasteiger partial charge in [-0.05, 0) is 55.7 Å². The number of ether oxygens (including phenoxy) is 1. The van der Waals surface area contributed by atoms with Gasteiger partial charge < -0.3 is 4.74 Å². The maximum absolute atomic E-state index is 12.1. The molecule has 0 unspecified atom stereocenters. The van der Waals surface area contributed by atoms with Crippen molar-refractivity contribution in [2.45, 2.75) is 47.1 Å². The van der Waals surface area contributed by atoms with E-state index in [9.17, 15) is 4.79 Å². The molecule has 1 aromatic heterocycles. The van der Waals surface area contributed by atoms with Crippen molar-refractivity contribution < 1.29 is 9.53 Å². The maximum atomic E-state index is 12.1. The highest BCUT2D eigenvalue weighted by atomic mass is 16.5. The number of rotatable bonds is 3. The number of carbonyl (C=O) groups excluding carboxylic acids is 1.